The van der Waals surface area contributed by atoms with E-state index in [1.807, 2.05) is 20.9 Å². The molecule has 2 heterocycles. The zero-order valence-corrected chi connectivity index (χ0v) is 12.0. The van der Waals surface area contributed by atoms with Crippen LogP contribution in [0.2, 0.25) is 0 Å². The zero-order valence-electron chi connectivity index (χ0n) is 11.2. The summed E-state index contributed by atoms with van der Waals surface area (Å²) in [4.78, 5) is 15.8. The summed E-state index contributed by atoms with van der Waals surface area (Å²) in [5.74, 6) is -0.977. The molecule has 2 aromatic rings. The van der Waals surface area contributed by atoms with Crippen LogP contribution in [0.3, 0.4) is 0 Å². The standard InChI is InChI=1S/C12H15N3O3S/c1-6-9(7(2)15(3)14-6)11-13-8(5-18-4)10(19-11)12(16)17/h5H2,1-4H3,(H,16,17). The van der Waals surface area contributed by atoms with Crippen molar-refractivity contribution >= 4 is 17.3 Å². The summed E-state index contributed by atoms with van der Waals surface area (Å²) < 4.78 is 6.76. The van der Waals surface area contributed by atoms with Crippen LogP contribution in [-0.2, 0) is 18.4 Å². The topological polar surface area (TPSA) is 77.2 Å². The van der Waals surface area contributed by atoms with E-state index in [0.29, 0.717) is 10.7 Å². The third kappa shape index (κ3) is 2.39. The number of hydrogen-bond acceptors (Lipinski definition) is 5. The van der Waals surface area contributed by atoms with E-state index in [1.54, 1.807) is 4.68 Å². The van der Waals surface area contributed by atoms with Gasteiger partial charge in [-0.25, -0.2) is 9.78 Å². The Balaban J connectivity index is 2.57. The average Bonchev–Trinajstić information content (AvgIpc) is 2.83. The number of aryl methyl sites for hydroxylation is 2. The van der Waals surface area contributed by atoms with Crippen molar-refractivity contribution in [2.45, 2.75) is 20.5 Å². The number of aromatic carboxylic acids is 1. The van der Waals surface area contributed by atoms with Crippen LogP contribution < -0.4 is 0 Å². The predicted molar refractivity (Wildman–Crippen MR) is 71.5 cm³/mol. The lowest BCUT2D eigenvalue weighted by molar-refractivity contribution is 0.0697. The fourth-order valence-corrected chi connectivity index (χ4v) is 3.00. The maximum Gasteiger partial charge on any atom is 0.347 e. The van der Waals surface area contributed by atoms with E-state index in [4.69, 9.17) is 4.74 Å². The molecule has 7 heteroatoms. The van der Waals surface area contributed by atoms with Crippen LogP contribution in [0.25, 0.3) is 10.6 Å². The van der Waals surface area contributed by atoms with Crippen molar-refractivity contribution in [3.63, 3.8) is 0 Å². The van der Waals surface area contributed by atoms with E-state index >= 15 is 0 Å². The van der Waals surface area contributed by atoms with Crippen LogP contribution in [0.15, 0.2) is 0 Å². The quantitative estimate of drug-likeness (QED) is 0.927. The number of carboxylic acids is 1. The lowest BCUT2D eigenvalue weighted by Gasteiger charge is -1.96. The molecule has 2 aromatic heterocycles. The minimum Gasteiger partial charge on any atom is -0.477 e. The molecule has 102 valence electrons. The Morgan fingerprint density at radius 2 is 2.16 bits per heavy atom. The molecule has 0 aliphatic carbocycles. The summed E-state index contributed by atoms with van der Waals surface area (Å²) in [7, 11) is 3.37. The van der Waals surface area contributed by atoms with Gasteiger partial charge >= 0.3 is 5.97 Å². The van der Waals surface area contributed by atoms with Gasteiger partial charge < -0.3 is 9.84 Å². The Labute approximate surface area is 114 Å². The summed E-state index contributed by atoms with van der Waals surface area (Å²) in [6, 6.07) is 0. The van der Waals surface area contributed by atoms with Gasteiger partial charge in [0.25, 0.3) is 0 Å². The van der Waals surface area contributed by atoms with Gasteiger partial charge in [0.15, 0.2) is 0 Å². The molecule has 0 spiro atoms. The van der Waals surface area contributed by atoms with Crippen LogP contribution in [0.5, 0.6) is 0 Å². The second-order valence-electron chi connectivity index (χ2n) is 4.20. The SMILES string of the molecule is COCc1nc(-c2c(C)nn(C)c2C)sc1C(=O)O. The number of thiazole rings is 1. The van der Waals surface area contributed by atoms with Crippen molar-refractivity contribution in [2.24, 2.45) is 7.05 Å². The highest BCUT2D eigenvalue weighted by Gasteiger charge is 2.21. The summed E-state index contributed by atoms with van der Waals surface area (Å²) in [6.45, 7) is 4.02. The Morgan fingerprint density at radius 1 is 1.47 bits per heavy atom. The first kappa shape index (κ1) is 13.7. The van der Waals surface area contributed by atoms with E-state index in [-0.39, 0.29) is 11.5 Å². The molecule has 0 fully saturated rings. The smallest absolute Gasteiger partial charge is 0.347 e. The number of ether oxygens (including phenoxy) is 1. The van der Waals surface area contributed by atoms with Crippen molar-refractivity contribution in [1.29, 1.82) is 0 Å². The second-order valence-corrected chi connectivity index (χ2v) is 5.20. The molecule has 0 amide bonds. The molecule has 0 atom stereocenters. The highest BCUT2D eigenvalue weighted by atomic mass is 32.1. The number of hydrogen-bond donors (Lipinski definition) is 1. The molecule has 0 saturated carbocycles. The molecule has 1 N–H and O–H groups in total. The molecule has 0 aliphatic rings. The summed E-state index contributed by atoms with van der Waals surface area (Å²) >= 11 is 1.16. The first-order valence-electron chi connectivity index (χ1n) is 5.68. The van der Waals surface area contributed by atoms with Crippen LogP contribution in [0, 0.1) is 13.8 Å². The van der Waals surface area contributed by atoms with Gasteiger partial charge in [0.1, 0.15) is 9.88 Å². The van der Waals surface area contributed by atoms with Crippen LogP contribution in [0.1, 0.15) is 26.8 Å². The van der Waals surface area contributed by atoms with Crippen LogP contribution in [-0.4, -0.2) is 33.0 Å². The van der Waals surface area contributed by atoms with Gasteiger partial charge in [-0.2, -0.15) is 5.10 Å². The van der Waals surface area contributed by atoms with Gasteiger partial charge in [-0.1, -0.05) is 0 Å². The fourth-order valence-electron chi connectivity index (χ4n) is 1.94. The predicted octanol–water partition coefficient (Wildman–Crippen LogP) is 2.01. The third-order valence-corrected chi connectivity index (χ3v) is 4.00. The number of rotatable bonds is 4. The molecule has 0 radical (unpaired) electrons. The molecule has 19 heavy (non-hydrogen) atoms. The highest BCUT2D eigenvalue weighted by Crippen LogP contribution is 2.32. The van der Waals surface area contributed by atoms with Gasteiger partial charge in [0, 0.05) is 19.9 Å². The first-order chi connectivity index (χ1) is 8.95. The van der Waals surface area contributed by atoms with E-state index in [2.05, 4.69) is 10.1 Å². The van der Waals surface area contributed by atoms with Gasteiger partial charge in [0.2, 0.25) is 0 Å². The minimum absolute atomic E-state index is 0.191. The Kier molecular flexibility index (Phi) is 3.68. The van der Waals surface area contributed by atoms with E-state index in [0.717, 1.165) is 28.3 Å². The molecule has 0 aromatic carbocycles. The minimum atomic E-state index is -0.977. The number of methoxy groups -OCH3 is 1. The molecule has 0 bridgehead atoms. The summed E-state index contributed by atoms with van der Waals surface area (Å²) in [5.41, 5.74) is 3.16. The van der Waals surface area contributed by atoms with E-state index in [1.165, 1.54) is 7.11 Å². The van der Waals surface area contributed by atoms with Crippen molar-refractivity contribution in [3.05, 3.63) is 22.0 Å². The molecular weight excluding hydrogens is 266 g/mol. The number of carbonyl (C=O) groups is 1. The van der Waals surface area contributed by atoms with Crippen molar-refractivity contribution in [2.75, 3.05) is 7.11 Å². The molecular formula is C12H15N3O3S. The van der Waals surface area contributed by atoms with Crippen molar-refractivity contribution < 1.29 is 14.6 Å². The summed E-state index contributed by atoms with van der Waals surface area (Å²) in [5, 5.41) is 14.2. The number of aromatic nitrogens is 3. The molecule has 0 aliphatic heterocycles. The summed E-state index contributed by atoms with van der Waals surface area (Å²) in [6.07, 6.45) is 0. The molecule has 0 saturated heterocycles. The van der Waals surface area contributed by atoms with Crippen LogP contribution >= 0.6 is 11.3 Å². The zero-order chi connectivity index (χ0) is 14.2. The van der Waals surface area contributed by atoms with Crippen LogP contribution in [0.4, 0.5) is 0 Å². The average molecular weight is 281 g/mol. The third-order valence-electron chi connectivity index (χ3n) is 2.90. The van der Waals surface area contributed by atoms with Gasteiger partial charge in [-0.3, -0.25) is 4.68 Å². The molecule has 2 rings (SSSR count). The van der Waals surface area contributed by atoms with Gasteiger partial charge in [0.05, 0.1) is 23.6 Å². The Hall–Kier alpha value is -1.73. The number of nitrogens with zero attached hydrogens (tertiary/aromatic N) is 3. The maximum atomic E-state index is 11.2. The Bertz CT molecular complexity index is 630. The van der Waals surface area contributed by atoms with Crippen molar-refractivity contribution in [1.82, 2.24) is 14.8 Å². The molecule has 6 nitrogen and oxygen atoms in total. The lowest BCUT2D eigenvalue weighted by atomic mass is 10.2. The fraction of sp³-hybridized carbons (Fsp3) is 0.417. The first-order valence-corrected chi connectivity index (χ1v) is 6.49. The van der Waals surface area contributed by atoms with E-state index < -0.39 is 5.97 Å². The van der Waals surface area contributed by atoms with E-state index in [9.17, 15) is 9.90 Å². The van der Waals surface area contributed by atoms with Crippen molar-refractivity contribution in [3.8, 4) is 10.6 Å². The number of carboxylic acid groups (broad SMARTS) is 1. The molecule has 0 unspecified atom stereocenters. The van der Waals surface area contributed by atoms with Gasteiger partial charge in [-0.15, -0.1) is 11.3 Å². The Morgan fingerprint density at radius 3 is 2.63 bits per heavy atom. The monoisotopic (exact) mass is 281 g/mol. The lowest BCUT2D eigenvalue weighted by Crippen LogP contribution is -1.99. The largest absolute Gasteiger partial charge is 0.477 e. The maximum absolute atomic E-state index is 11.2. The highest BCUT2D eigenvalue weighted by molar-refractivity contribution is 7.17. The normalized spacial score (nSPS) is 10.9. The second kappa shape index (κ2) is 5.10. The van der Waals surface area contributed by atoms with Gasteiger partial charge in [-0.05, 0) is 13.8 Å².